The maximum absolute atomic E-state index is 4.62. The molecule has 0 fully saturated rings. The molecule has 0 bridgehead atoms. The molecule has 1 atom stereocenters. The van der Waals surface area contributed by atoms with Crippen molar-refractivity contribution in [3.63, 3.8) is 0 Å². The Balaban J connectivity index is 1.90. The smallest absolute Gasteiger partial charge is 0.0946 e. The zero-order valence-electron chi connectivity index (χ0n) is 11.6. The van der Waals surface area contributed by atoms with E-state index in [2.05, 4.69) is 54.5 Å². The Morgan fingerprint density at radius 2 is 2.00 bits per heavy atom. The number of likely N-dealkylation sites (N-methyl/N-ethyl adjacent to an activating group) is 1. The minimum atomic E-state index is 0.468. The summed E-state index contributed by atoms with van der Waals surface area (Å²) < 4.78 is 0. The van der Waals surface area contributed by atoms with Crippen LogP contribution in [0.2, 0.25) is 0 Å². The number of hydrogen-bond donors (Lipinski definition) is 1. The second-order valence-electron chi connectivity index (χ2n) is 4.56. The number of thioether (sulfide) groups is 1. The highest BCUT2D eigenvalue weighted by molar-refractivity contribution is 7.99. The molecule has 0 saturated heterocycles. The van der Waals surface area contributed by atoms with Gasteiger partial charge in [0, 0.05) is 28.0 Å². The second kappa shape index (κ2) is 7.08. The van der Waals surface area contributed by atoms with Crippen LogP contribution in [-0.4, -0.2) is 23.8 Å². The third kappa shape index (κ3) is 4.34. The summed E-state index contributed by atoms with van der Waals surface area (Å²) in [6.45, 7) is 4.23. The highest BCUT2D eigenvalue weighted by atomic mass is 32.2. The van der Waals surface area contributed by atoms with E-state index in [1.165, 1.54) is 20.5 Å². The lowest BCUT2D eigenvalue weighted by molar-refractivity contribution is 0.615. The van der Waals surface area contributed by atoms with Crippen molar-refractivity contribution in [1.29, 1.82) is 0 Å². The van der Waals surface area contributed by atoms with Crippen LogP contribution in [0.1, 0.15) is 15.6 Å². The first-order valence-corrected chi connectivity index (χ1v) is 8.27. The van der Waals surface area contributed by atoms with Crippen molar-refractivity contribution in [2.24, 2.45) is 0 Å². The van der Waals surface area contributed by atoms with Crippen LogP contribution >= 0.6 is 23.1 Å². The van der Waals surface area contributed by atoms with Gasteiger partial charge >= 0.3 is 0 Å². The van der Waals surface area contributed by atoms with Crippen molar-refractivity contribution in [3.8, 4) is 0 Å². The first-order valence-electron chi connectivity index (χ1n) is 6.47. The Bertz CT molecular complexity index is 489. The van der Waals surface area contributed by atoms with Crippen molar-refractivity contribution in [2.45, 2.75) is 31.2 Å². The van der Waals surface area contributed by atoms with Crippen LogP contribution in [0.25, 0.3) is 0 Å². The molecule has 0 radical (unpaired) electrons. The molecule has 1 unspecified atom stereocenters. The Kier molecular flexibility index (Phi) is 5.43. The number of nitrogens with zero attached hydrogens (tertiary/aromatic N) is 1. The molecule has 19 heavy (non-hydrogen) atoms. The molecule has 1 aromatic carbocycles. The van der Waals surface area contributed by atoms with E-state index in [9.17, 15) is 0 Å². The van der Waals surface area contributed by atoms with Crippen LogP contribution in [0, 0.1) is 13.8 Å². The molecule has 2 rings (SSSR count). The molecule has 0 spiro atoms. The number of aryl methyl sites for hydroxylation is 2. The molecule has 4 heteroatoms. The lowest BCUT2D eigenvalue weighted by Crippen LogP contribution is -2.30. The molecule has 0 aliphatic rings. The van der Waals surface area contributed by atoms with Crippen LogP contribution in [-0.2, 0) is 6.42 Å². The van der Waals surface area contributed by atoms with Crippen molar-refractivity contribution in [1.82, 2.24) is 10.3 Å². The Labute approximate surface area is 123 Å². The summed E-state index contributed by atoms with van der Waals surface area (Å²) in [5.74, 6) is 1.07. The average Bonchev–Trinajstić information content (AvgIpc) is 2.74. The fraction of sp³-hybridized carbons (Fsp3) is 0.400. The van der Waals surface area contributed by atoms with Gasteiger partial charge in [0.05, 0.1) is 10.7 Å². The number of benzene rings is 1. The summed E-state index contributed by atoms with van der Waals surface area (Å²) in [6, 6.07) is 11.0. The van der Waals surface area contributed by atoms with Gasteiger partial charge in [-0.2, -0.15) is 0 Å². The molecule has 0 aliphatic carbocycles. The van der Waals surface area contributed by atoms with Crippen LogP contribution in [0.5, 0.6) is 0 Å². The summed E-state index contributed by atoms with van der Waals surface area (Å²) in [5, 5.41) is 4.63. The summed E-state index contributed by atoms with van der Waals surface area (Å²) in [7, 11) is 2.03. The van der Waals surface area contributed by atoms with E-state index in [0.29, 0.717) is 6.04 Å². The minimum Gasteiger partial charge on any atom is -0.316 e. The third-order valence-electron chi connectivity index (χ3n) is 3.10. The first kappa shape index (κ1) is 14.6. The Morgan fingerprint density at radius 3 is 2.58 bits per heavy atom. The van der Waals surface area contributed by atoms with Gasteiger partial charge in [-0.25, -0.2) is 4.98 Å². The predicted octanol–water partition coefficient (Wildman–Crippen LogP) is 3.68. The lowest BCUT2D eigenvalue weighted by atomic mass is 10.2. The summed E-state index contributed by atoms with van der Waals surface area (Å²) in [6.07, 6.45) is 1.01. The maximum atomic E-state index is 4.62. The van der Waals surface area contributed by atoms with E-state index >= 15 is 0 Å². The van der Waals surface area contributed by atoms with Crippen LogP contribution in [0.3, 0.4) is 0 Å². The number of aromatic nitrogens is 1. The average molecular weight is 292 g/mol. The number of thiazole rings is 1. The van der Waals surface area contributed by atoms with Crippen LogP contribution in [0.15, 0.2) is 35.2 Å². The fourth-order valence-electron chi connectivity index (χ4n) is 1.80. The van der Waals surface area contributed by atoms with E-state index in [4.69, 9.17) is 0 Å². The molecular formula is C15H20N2S2. The van der Waals surface area contributed by atoms with E-state index in [1.54, 1.807) is 0 Å². The number of rotatable bonds is 6. The maximum Gasteiger partial charge on any atom is 0.0946 e. The molecule has 1 heterocycles. The van der Waals surface area contributed by atoms with E-state index in [1.807, 2.05) is 30.1 Å². The monoisotopic (exact) mass is 292 g/mol. The zero-order chi connectivity index (χ0) is 13.7. The topological polar surface area (TPSA) is 24.9 Å². The fourth-order valence-corrected chi connectivity index (χ4v) is 3.84. The van der Waals surface area contributed by atoms with E-state index < -0.39 is 0 Å². The molecule has 1 aromatic heterocycles. The van der Waals surface area contributed by atoms with Gasteiger partial charge < -0.3 is 5.32 Å². The summed E-state index contributed by atoms with van der Waals surface area (Å²) in [5.41, 5.74) is 1.17. The number of hydrogen-bond acceptors (Lipinski definition) is 4. The SMILES string of the molecule is CNC(CSc1ccccc1)Cc1nc(C)c(C)s1. The van der Waals surface area contributed by atoms with Gasteiger partial charge in [0.2, 0.25) is 0 Å². The van der Waals surface area contributed by atoms with Gasteiger partial charge in [0.1, 0.15) is 0 Å². The quantitative estimate of drug-likeness (QED) is 0.822. The van der Waals surface area contributed by atoms with Gasteiger partial charge in [-0.1, -0.05) is 18.2 Å². The molecular weight excluding hydrogens is 272 g/mol. The van der Waals surface area contributed by atoms with Gasteiger partial charge in [-0.05, 0) is 33.0 Å². The van der Waals surface area contributed by atoms with Crippen molar-refractivity contribution < 1.29 is 0 Å². The predicted molar refractivity (Wildman–Crippen MR) is 85.3 cm³/mol. The van der Waals surface area contributed by atoms with Crippen molar-refractivity contribution in [2.75, 3.05) is 12.8 Å². The molecule has 0 saturated carbocycles. The highest BCUT2D eigenvalue weighted by Gasteiger charge is 2.11. The van der Waals surface area contributed by atoms with Gasteiger partial charge in [0.25, 0.3) is 0 Å². The standard InChI is InChI=1S/C15H20N2S2/c1-11-12(2)19-15(17-11)9-13(16-3)10-18-14-7-5-4-6-8-14/h4-8,13,16H,9-10H2,1-3H3. The summed E-state index contributed by atoms with van der Waals surface area (Å²) in [4.78, 5) is 7.28. The molecule has 2 aromatic rings. The third-order valence-corrected chi connectivity index (χ3v) is 5.37. The molecule has 0 amide bonds. The van der Waals surface area contributed by atoms with Crippen molar-refractivity contribution >= 4 is 23.1 Å². The van der Waals surface area contributed by atoms with E-state index in [-0.39, 0.29) is 0 Å². The molecule has 2 nitrogen and oxygen atoms in total. The zero-order valence-corrected chi connectivity index (χ0v) is 13.3. The Hall–Kier alpha value is -0.840. The summed E-state index contributed by atoms with van der Waals surface area (Å²) >= 11 is 3.72. The van der Waals surface area contributed by atoms with Crippen molar-refractivity contribution in [3.05, 3.63) is 45.9 Å². The minimum absolute atomic E-state index is 0.468. The van der Waals surface area contributed by atoms with Crippen LogP contribution in [0.4, 0.5) is 0 Å². The molecule has 1 N–H and O–H groups in total. The lowest BCUT2D eigenvalue weighted by Gasteiger charge is -2.14. The van der Waals surface area contributed by atoms with Gasteiger partial charge in [-0.15, -0.1) is 23.1 Å². The van der Waals surface area contributed by atoms with Gasteiger partial charge in [-0.3, -0.25) is 0 Å². The molecule has 102 valence electrons. The normalized spacial score (nSPS) is 12.6. The second-order valence-corrected chi connectivity index (χ2v) is 6.94. The first-order chi connectivity index (χ1) is 9.19. The number of nitrogens with one attached hydrogen (secondary N) is 1. The van der Waals surface area contributed by atoms with Crippen LogP contribution < -0.4 is 5.32 Å². The highest BCUT2D eigenvalue weighted by Crippen LogP contribution is 2.21. The van der Waals surface area contributed by atoms with Gasteiger partial charge in [0.15, 0.2) is 0 Å². The largest absolute Gasteiger partial charge is 0.316 e. The Morgan fingerprint density at radius 1 is 1.26 bits per heavy atom. The molecule has 0 aliphatic heterocycles. The van der Waals surface area contributed by atoms with E-state index in [0.717, 1.165) is 12.2 Å².